The summed E-state index contributed by atoms with van der Waals surface area (Å²) in [5.74, 6) is -3.33. The Bertz CT molecular complexity index is 1060. The van der Waals surface area contributed by atoms with E-state index in [1.54, 1.807) is 24.3 Å². The summed E-state index contributed by atoms with van der Waals surface area (Å²) in [7, 11) is 0. The van der Waals surface area contributed by atoms with Crippen LogP contribution in [0.2, 0.25) is 0 Å². The molecule has 1 aromatic heterocycles. The number of thiazole rings is 1. The number of hydrogen-bond acceptors (Lipinski definition) is 3. The van der Waals surface area contributed by atoms with Crippen LogP contribution in [-0.2, 0) is 0 Å². The lowest BCUT2D eigenvalue weighted by molar-refractivity contribution is 0.475. The van der Waals surface area contributed by atoms with Crippen LogP contribution in [0, 0.1) is 17.5 Å². The van der Waals surface area contributed by atoms with E-state index in [1.807, 2.05) is 0 Å². The summed E-state index contributed by atoms with van der Waals surface area (Å²) in [6.45, 7) is 0. The Morgan fingerprint density at radius 3 is 2.32 bits per heavy atom. The van der Waals surface area contributed by atoms with Gasteiger partial charge in [0.2, 0.25) is 0 Å². The van der Waals surface area contributed by atoms with Crippen molar-refractivity contribution >= 4 is 21.6 Å². The molecular weight excluding hydrogens is 347 g/mol. The zero-order chi connectivity index (χ0) is 17.6. The number of aromatic nitrogens is 1. The molecule has 3 aromatic carbocycles. The van der Waals surface area contributed by atoms with E-state index < -0.39 is 23.0 Å². The highest BCUT2D eigenvalue weighted by molar-refractivity contribution is 7.21. The van der Waals surface area contributed by atoms with E-state index in [0.29, 0.717) is 5.52 Å². The average Bonchev–Trinajstić information content (AvgIpc) is 3.02. The number of para-hydroxylation sites is 1. The van der Waals surface area contributed by atoms with Crippen molar-refractivity contribution in [2.24, 2.45) is 0 Å². The lowest BCUT2D eigenvalue weighted by Gasteiger charge is -2.09. The Balaban J connectivity index is 1.90. The van der Waals surface area contributed by atoms with Gasteiger partial charge in [-0.1, -0.05) is 24.3 Å². The maximum atomic E-state index is 14.6. The van der Waals surface area contributed by atoms with Gasteiger partial charge in [-0.2, -0.15) is 0 Å². The molecule has 0 fully saturated rings. The van der Waals surface area contributed by atoms with Crippen LogP contribution >= 0.6 is 11.3 Å². The molecule has 0 spiro atoms. The number of nitrogens with zero attached hydrogens (tertiary/aromatic N) is 1. The van der Waals surface area contributed by atoms with Crippen molar-refractivity contribution in [2.45, 2.75) is 0 Å². The van der Waals surface area contributed by atoms with Crippen molar-refractivity contribution < 1.29 is 18.3 Å². The minimum absolute atomic E-state index is 0.0174. The summed E-state index contributed by atoms with van der Waals surface area (Å²) >= 11 is 1.10. The molecule has 4 aromatic rings. The van der Waals surface area contributed by atoms with Gasteiger partial charge in [-0.15, -0.1) is 11.3 Å². The smallest absolute Gasteiger partial charge is 0.172 e. The van der Waals surface area contributed by atoms with Gasteiger partial charge in [-0.3, -0.25) is 0 Å². The first-order chi connectivity index (χ1) is 12.0. The maximum absolute atomic E-state index is 14.6. The number of hydrogen-bond donors (Lipinski definition) is 1. The molecule has 4 rings (SSSR count). The predicted octanol–water partition coefficient (Wildman–Crippen LogP) is 5.75. The van der Waals surface area contributed by atoms with E-state index in [4.69, 9.17) is 0 Å². The lowest BCUT2D eigenvalue weighted by atomic mass is 10.0. The molecule has 1 N–H and O–H groups in total. The number of fused-ring (bicyclic) bond motifs is 1. The quantitative estimate of drug-likeness (QED) is 0.463. The van der Waals surface area contributed by atoms with Gasteiger partial charge in [-0.25, -0.2) is 18.2 Å². The summed E-state index contributed by atoms with van der Waals surface area (Å²) in [5.41, 5.74) is 0.189. The van der Waals surface area contributed by atoms with E-state index in [2.05, 4.69) is 4.98 Å². The van der Waals surface area contributed by atoms with Gasteiger partial charge in [0.1, 0.15) is 16.6 Å². The summed E-state index contributed by atoms with van der Waals surface area (Å²) in [6.07, 6.45) is 0. The fraction of sp³-hybridized carbons (Fsp3) is 0. The highest BCUT2D eigenvalue weighted by Crippen LogP contribution is 2.37. The Morgan fingerprint density at radius 2 is 1.60 bits per heavy atom. The van der Waals surface area contributed by atoms with E-state index in [0.717, 1.165) is 22.1 Å². The second kappa shape index (κ2) is 5.89. The van der Waals surface area contributed by atoms with Gasteiger partial charge in [0, 0.05) is 5.56 Å². The Morgan fingerprint density at radius 1 is 0.880 bits per heavy atom. The summed E-state index contributed by atoms with van der Waals surface area (Å²) in [6, 6.07) is 13.5. The van der Waals surface area contributed by atoms with Crippen molar-refractivity contribution in [1.82, 2.24) is 4.98 Å². The number of benzene rings is 3. The van der Waals surface area contributed by atoms with Crippen molar-refractivity contribution in [3.63, 3.8) is 0 Å². The van der Waals surface area contributed by atoms with Crippen LogP contribution in [0.4, 0.5) is 13.2 Å². The summed E-state index contributed by atoms with van der Waals surface area (Å²) in [4.78, 5) is 4.20. The van der Waals surface area contributed by atoms with Crippen LogP contribution in [-0.4, -0.2) is 10.1 Å². The molecule has 124 valence electrons. The minimum Gasteiger partial charge on any atom is -0.508 e. The highest BCUT2D eigenvalue weighted by atomic mass is 32.1. The van der Waals surface area contributed by atoms with Crippen LogP contribution in [0.15, 0.2) is 54.6 Å². The topological polar surface area (TPSA) is 33.1 Å². The average molecular weight is 357 g/mol. The monoisotopic (exact) mass is 357 g/mol. The molecule has 0 amide bonds. The summed E-state index contributed by atoms with van der Waals surface area (Å²) in [5, 5.41) is 9.39. The molecule has 25 heavy (non-hydrogen) atoms. The minimum atomic E-state index is -1.28. The maximum Gasteiger partial charge on any atom is 0.172 e. The van der Waals surface area contributed by atoms with Crippen molar-refractivity contribution in [1.29, 1.82) is 0 Å². The van der Waals surface area contributed by atoms with Gasteiger partial charge < -0.3 is 5.11 Å². The SMILES string of the molecule is Oc1ccc(-c2cc(F)c(-c3nc4ccccc4s3)c(F)c2F)cc1. The molecule has 0 aliphatic heterocycles. The van der Waals surface area contributed by atoms with E-state index in [9.17, 15) is 18.3 Å². The molecule has 2 nitrogen and oxygen atoms in total. The first kappa shape index (κ1) is 15.7. The molecule has 0 radical (unpaired) electrons. The van der Waals surface area contributed by atoms with Gasteiger partial charge >= 0.3 is 0 Å². The third-order valence-electron chi connectivity index (χ3n) is 3.84. The van der Waals surface area contributed by atoms with E-state index in [-0.39, 0.29) is 21.9 Å². The first-order valence-corrected chi connectivity index (χ1v) is 8.19. The second-order valence-corrected chi connectivity index (χ2v) is 6.47. The molecule has 0 unspecified atom stereocenters. The molecule has 6 heteroatoms. The van der Waals surface area contributed by atoms with Crippen LogP contribution in [0.3, 0.4) is 0 Å². The van der Waals surface area contributed by atoms with Crippen LogP contribution in [0.1, 0.15) is 0 Å². The standard InChI is InChI=1S/C19H10F3NOS/c20-13-9-12(10-5-7-11(24)8-6-10)17(21)18(22)16(13)19-23-14-3-1-2-4-15(14)25-19/h1-9,24H. The summed E-state index contributed by atoms with van der Waals surface area (Å²) < 4.78 is 44.5. The largest absolute Gasteiger partial charge is 0.508 e. The predicted molar refractivity (Wildman–Crippen MR) is 92.0 cm³/mol. The molecule has 0 saturated carbocycles. The van der Waals surface area contributed by atoms with E-state index in [1.165, 1.54) is 24.3 Å². The molecule has 0 saturated heterocycles. The lowest BCUT2D eigenvalue weighted by Crippen LogP contribution is -1.98. The molecule has 0 atom stereocenters. The van der Waals surface area contributed by atoms with Gasteiger partial charge in [-0.05, 0) is 35.9 Å². The first-order valence-electron chi connectivity index (χ1n) is 7.37. The molecule has 1 heterocycles. The number of rotatable bonds is 2. The fourth-order valence-electron chi connectivity index (χ4n) is 2.62. The Kier molecular flexibility index (Phi) is 3.69. The second-order valence-electron chi connectivity index (χ2n) is 5.44. The van der Waals surface area contributed by atoms with E-state index >= 15 is 0 Å². The number of phenols is 1. The van der Waals surface area contributed by atoms with Gasteiger partial charge in [0.15, 0.2) is 11.6 Å². The van der Waals surface area contributed by atoms with Crippen LogP contribution < -0.4 is 0 Å². The molecular formula is C19H10F3NOS. The normalized spacial score (nSPS) is 11.2. The van der Waals surface area contributed by atoms with Gasteiger partial charge in [0.25, 0.3) is 0 Å². The van der Waals surface area contributed by atoms with Crippen molar-refractivity contribution in [3.8, 4) is 27.4 Å². The molecule has 0 aliphatic rings. The number of halogens is 3. The highest BCUT2D eigenvalue weighted by Gasteiger charge is 2.23. The molecule has 0 aliphatic carbocycles. The fourth-order valence-corrected chi connectivity index (χ4v) is 3.63. The van der Waals surface area contributed by atoms with Gasteiger partial charge in [0.05, 0.1) is 15.8 Å². The Hall–Kier alpha value is -2.86. The van der Waals surface area contributed by atoms with Crippen molar-refractivity contribution in [3.05, 3.63) is 72.0 Å². The third-order valence-corrected chi connectivity index (χ3v) is 4.90. The number of phenolic OH excluding ortho intramolecular Hbond substituents is 1. The molecule has 0 bridgehead atoms. The number of aromatic hydroxyl groups is 1. The zero-order valence-electron chi connectivity index (χ0n) is 12.6. The zero-order valence-corrected chi connectivity index (χ0v) is 13.4. The Labute approximate surface area is 144 Å². The van der Waals surface area contributed by atoms with Crippen LogP contribution in [0.5, 0.6) is 5.75 Å². The van der Waals surface area contributed by atoms with Crippen LogP contribution in [0.25, 0.3) is 31.9 Å². The van der Waals surface area contributed by atoms with Crippen molar-refractivity contribution in [2.75, 3.05) is 0 Å². The third kappa shape index (κ3) is 2.64.